The first kappa shape index (κ1) is 28.3. The smallest absolute Gasteiger partial charge is 0.238 e. The molecule has 2 heterocycles. The van der Waals surface area contributed by atoms with Gasteiger partial charge in [-0.2, -0.15) is 0 Å². The summed E-state index contributed by atoms with van der Waals surface area (Å²) in [5.74, 6) is 1.16. The lowest BCUT2D eigenvalue weighted by atomic mass is 10.2. The molecule has 0 radical (unpaired) electrons. The van der Waals surface area contributed by atoms with Crippen LogP contribution in [-0.2, 0) is 16.1 Å². The Balaban J connectivity index is 1.51. The van der Waals surface area contributed by atoms with E-state index in [1.807, 2.05) is 6.07 Å². The van der Waals surface area contributed by atoms with Gasteiger partial charge in [0.2, 0.25) is 5.91 Å². The molecule has 5 rings (SSSR count). The SMILES string of the molecule is COc1cc(Nc2nc3ccccc3nc2N(c2cccc(NC(=O)CN3CCCC3C)c2)S(=O)[O-])cc(OC)c1. The molecule has 1 aliphatic heterocycles. The van der Waals surface area contributed by atoms with Gasteiger partial charge in [0.1, 0.15) is 11.5 Å². The van der Waals surface area contributed by atoms with Crippen molar-refractivity contribution in [1.82, 2.24) is 14.9 Å². The zero-order valence-electron chi connectivity index (χ0n) is 23.0. The third-order valence-electron chi connectivity index (χ3n) is 6.91. The number of fused-ring (bicyclic) bond motifs is 1. The second-order valence-corrected chi connectivity index (χ2v) is 10.5. The van der Waals surface area contributed by atoms with Gasteiger partial charge in [0, 0.05) is 35.6 Å². The number of hydrogen-bond donors (Lipinski definition) is 2. The average molecular weight is 576 g/mol. The summed E-state index contributed by atoms with van der Waals surface area (Å²) >= 11 is -2.79. The third kappa shape index (κ3) is 6.56. The minimum atomic E-state index is -2.79. The van der Waals surface area contributed by atoms with Crippen molar-refractivity contribution in [2.24, 2.45) is 0 Å². The number of anilines is 5. The molecule has 2 N–H and O–H groups in total. The first-order valence-corrected chi connectivity index (χ1v) is 14.2. The number of aromatic nitrogens is 2. The van der Waals surface area contributed by atoms with Crippen LogP contribution in [0, 0.1) is 0 Å². The third-order valence-corrected chi connectivity index (χ3v) is 7.59. The second-order valence-electron chi connectivity index (χ2n) is 9.68. The Morgan fingerprint density at radius 1 is 1.02 bits per heavy atom. The van der Waals surface area contributed by atoms with Crippen LogP contribution in [0.5, 0.6) is 11.5 Å². The van der Waals surface area contributed by atoms with Gasteiger partial charge < -0.3 is 24.7 Å². The molecule has 1 fully saturated rings. The summed E-state index contributed by atoms with van der Waals surface area (Å²) in [5, 5.41) is 6.08. The van der Waals surface area contributed by atoms with Crippen molar-refractivity contribution >= 4 is 56.9 Å². The minimum absolute atomic E-state index is 0.0492. The maximum absolute atomic E-state index is 12.8. The standard InChI is InChI=1S/C29H32N6O5S/c1-19-8-7-13-34(19)18-27(36)30-20-9-6-10-22(14-20)35(41(37)38)29-28(32-25-11-4-5-12-26(25)33-29)31-21-15-23(39-2)17-24(16-21)40-3/h4-6,9-12,14-17,19H,7-8,13,18H2,1-3H3,(H,30,36)(H,31,32)(H,37,38)/p-1. The number of para-hydroxylation sites is 2. The predicted molar refractivity (Wildman–Crippen MR) is 159 cm³/mol. The Morgan fingerprint density at radius 2 is 1.73 bits per heavy atom. The van der Waals surface area contributed by atoms with Gasteiger partial charge in [0.05, 0.1) is 48.8 Å². The molecule has 0 bridgehead atoms. The lowest BCUT2D eigenvalue weighted by molar-refractivity contribution is -0.117. The molecule has 4 aromatic rings. The number of nitrogens with one attached hydrogen (secondary N) is 2. The number of carbonyl (C=O) groups excluding carboxylic acids is 1. The molecule has 1 amide bonds. The zero-order valence-corrected chi connectivity index (χ0v) is 23.8. The van der Waals surface area contributed by atoms with Crippen molar-refractivity contribution in [3.05, 3.63) is 66.7 Å². The van der Waals surface area contributed by atoms with Gasteiger partial charge in [-0.3, -0.25) is 18.2 Å². The Labute approximate surface area is 240 Å². The molecule has 11 nitrogen and oxygen atoms in total. The average Bonchev–Trinajstić information content (AvgIpc) is 3.36. The topological polar surface area (TPSA) is 132 Å². The monoisotopic (exact) mass is 575 g/mol. The number of hydrogen-bond acceptors (Lipinski definition) is 9. The number of benzene rings is 3. The highest BCUT2D eigenvalue weighted by Gasteiger charge is 2.23. The van der Waals surface area contributed by atoms with E-state index in [1.165, 1.54) is 0 Å². The number of methoxy groups -OCH3 is 2. The van der Waals surface area contributed by atoms with Crippen LogP contribution in [0.4, 0.5) is 28.7 Å². The fraction of sp³-hybridized carbons (Fsp3) is 0.276. The maximum atomic E-state index is 12.8. The molecule has 3 aromatic carbocycles. The van der Waals surface area contributed by atoms with Crippen LogP contribution < -0.4 is 24.4 Å². The van der Waals surface area contributed by atoms with Crippen molar-refractivity contribution in [2.45, 2.75) is 25.8 Å². The summed E-state index contributed by atoms with van der Waals surface area (Å²) in [4.78, 5) is 24.3. The van der Waals surface area contributed by atoms with E-state index in [4.69, 9.17) is 14.5 Å². The van der Waals surface area contributed by atoms with Crippen LogP contribution in [-0.4, -0.2) is 62.9 Å². The van der Waals surface area contributed by atoms with Gasteiger partial charge >= 0.3 is 0 Å². The summed E-state index contributed by atoms with van der Waals surface area (Å²) in [6, 6.07) is 19.3. The number of likely N-dealkylation sites (tertiary alicyclic amines) is 1. The fourth-order valence-corrected chi connectivity index (χ4v) is 5.39. The van der Waals surface area contributed by atoms with E-state index in [2.05, 4.69) is 27.4 Å². The zero-order chi connectivity index (χ0) is 28.9. The number of amides is 1. The predicted octanol–water partition coefficient (Wildman–Crippen LogP) is 4.75. The lowest BCUT2D eigenvalue weighted by Crippen LogP contribution is -2.35. The van der Waals surface area contributed by atoms with Crippen molar-refractivity contribution < 1.29 is 23.0 Å². The number of ether oxygens (including phenoxy) is 2. The van der Waals surface area contributed by atoms with Crippen molar-refractivity contribution in [3.63, 3.8) is 0 Å². The van der Waals surface area contributed by atoms with E-state index >= 15 is 0 Å². The van der Waals surface area contributed by atoms with Crippen molar-refractivity contribution in [3.8, 4) is 11.5 Å². The van der Waals surface area contributed by atoms with Crippen LogP contribution in [0.15, 0.2) is 66.7 Å². The number of carbonyl (C=O) groups is 1. The van der Waals surface area contributed by atoms with Crippen LogP contribution in [0.2, 0.25) is 0 Å². The highest BCUT2D eigenvalue weighted by molar-refractivity contribution is 7.81. The molecule has 1 aliphatic rings. The summed E-state index contributed by atoms with van der Waals surface area (Å²) in [6.45, 7) is 3.27. The molecular formula is C29H31N6O5S-. The highest BCUT2D eigenvalue weighted by Crippen LogP contribution is 2.36. The van der Waals surface area contributed by atoms with Gasteiger partial charge in [0.15, 0.2) is 11.6 Å². The minimum Gasteiger partial charge on any atom is -0.755 e. The van der Waals surface area contributed by atoms with E-state index in [0.717, 1.165) is 23.7 Å². The molecular weight excluding hydrogens is 544 g/mol. The molecule has 0 spiro atoms. The molecule has 2 unspecified atom stereocenters. The summed E-state index contributed by atoms with van der Waals surface area (Å²) in [5.41, 5.74) is 2.39. The van der Waals surface area contributed by atoms with Crippen LogP contribution in [0.1, 0.15) is 19.8 Å². The Hall–Kier alpha value is -4.26. The Kier molecular flexibility index (Phi) is 8.62. The lowest BCUT2D eigenvalue weighted by Gasteiger charge is -2.28. The maximum Gasteiger partial charge on any atom is 0.238 e. The molecule has 12 heteroatoms. The molecule has 214 valence electrons. The first-order valence-electron chi connectivity index (χ1n) is 13.1. The Morgan fingerprint density at radius 3 is 2.37 bits per heavy atom. The number of nitrogens with zero attached hydrogens (tertiary/aromatic N) is 4. The van der Waals surface area contributed by atoms with Crippen LogP contribution in [0.25, 0.3) is 11.0 Å². The van der Waals surface area contributed by atoms with Crippen LogP contribution in [0.3, 0.4) is 0 Å². The van der Waals surface area contributed by atoms with Gasteiger partial charge in [-0.25, -0.2) is 9.97 Å². The largest absolute Gasteiger partial charge is 0.755 e. The quantitative estimate of drug-likeness (QED) is 0.257. The normalized spacial score (nSPS) is 15.9. The highest BCUT2D eigenvalue weighted by atomic mass is 32.2. The van der Waals surface area contributed by atoms with E-state index in [9.17, 15) is 13.6 Å². The Bertz CT molecular complexity index is 1560. The molecule has 1 saturated heterocycles. The molecule has 2 atom stereocenters. The van der Waals surface area contributed by atoms with Gasteiger partial charge in [-0.05, 0) is 56.6 Å². The molecule has 1 aromatic heterocycles. The molecule has 41 heavy (non-hydrogen) atoms. The summed E-state index contributed by atoms with van der Waals surface area (Å²) in [7, 11) is 3.08. The van der Waals surface area contributed by atoms with Gasteiger partial charge in [-0.1, -0.05) is 18.2 Å². The van der Waals surface area contributed by atoms with Gasteiger partial charge in [0.25, 0.3) is 0 Å². The molecule has 0 aliphatic carbocycles. The van der Waals surface area contributed by atoms with Crippen molar-refractivity contribution in [1.29, 1.82) is 0 Å². The van der Waals surface area contributed by atoms with Gasteiger partial charge in [-0.15, -0.1) is 0 Å². The first-order chi connectivity index (χ1) is 19.8. The van der Waals surface area contributed by atoms with Crippen molar-refractivity contribution in [2.75, 3.05) is 42.2 Å². The summed E-state index contributed by atoms with van der Waals surface area (Å²) < 4.78 is 37.3. The van der Waals surface area contributed by atoms with E-state index in [-0.39, 0.29) is 29.8 Å². The summed E-state index contributed by atoms with van der Waals surface area (Å²) in [6.07, 6.45) is 2.14. The number of rotatable bonds is 10. The van der Waals surface area contributed by atoms with E-state index in [1.54, 1.807) is 74.9 Å². The van der Waals surface area contributed by atoms with E-state index in [0.29, 0.717) is 39.9 Å². The van der Waals surface area contributed by atoms with E-state index < -0.39 is 11.3 Å². The van der Waals surface area contributed by atoms with Crippen LogP contribution >= 0.6 is 0 Å². The fourth-order valence-electron chi connectivity index (χ4n) is 4.83. The second kappa shape index (κ2) is 12.5. The molecule has 0 saturated carbocycles.